The Kier molecular flexibility index (Phi) is 4.54. The smallest absolute Gasteiger partial charge is 0.175 e. The third kappa shape index (κ3) is 3.99. The van der Waals surface area contributed by atoms with Gasteiger partial charge in [0.25, 0.3) is 0 Å². The van der Waals surface area contributed by atoms with Gasteiger partial charge in [0.05, 0.1) is 23.1 Å². The molecular weight excluding hydrogens is 282 g/mol. The summed E-state index contributed by atoms with van der Waals surface area (Å²) in [4.78, 5) is 3.37. The van der Waals surface area contributed by atoms with Gasteiger partial charge in [-0.15, -0.1) is 0 Å². The molecule has 0 unspecified atom stereocenters. The zero-order valence-corrected chi connectivity index (χ0v) is 12.5. The second-order valence-corrected chi connectivity index (χ2v) is 7.07. The molecule has 0 amide bonds. The van der Waals surface area contributed by atoms with Crippen molar-refractivity contribution in [2.75, 3.05) is 32.6 Å². The van der Waals surface area contributed by atoms with Crippen molar-refractivity contribution >= 4 is 27.0 Å². The lowest BCUT2D eigenvalue weighted by Gasteiger charge is -2.29. The van der Waals surface area contributed by atoms with Crippen LogP contribution in [-0.2, 0) is 21.0 Å². The molecule has 1 aliphatic rings. The van der Waals surface area contributed by atoms with Crippen LogP contribution in [0, 0.1) is 0 Å². The minimum absolute atomic E-state index is 0.341. The maximum absolute atomic E-state index is 11.4. The van der Waals surface area contributed by atoms with Crippen molar-refractivity contribution < 1.29 is 13.2 Å². The van der Waals surface area contributed by atoms with Crippen molar-refractivity contribution in [3.63, 3.8) is 0 Å². The topological polar surface area (TPSA) is 46.6 Å². The molecule has 0 N–H and O–H groups in total. The van der Waals surface area contributed by atoms with Gasteiger partial charge in [0.1, 0.15) is 0 Å². The van der Waals surface area contributed by atoms with Crippen LogP contribution in [0.15, 0.2) is 29.2 Å². The molecule has 1 aromatic rings. The summed E-state index contributed by atoms with van der Waals surface area (Å²) in [6, 6.07) is 6.91. The number of nitrogens with zero attached hydrogens (tertiary/aromatic N) is 1. The molecule has 0 aromatic heterocycles. The maximum Gasteiger partial charge on any atom is 0.175 e. The highest BCUT2D eigenvalue weighted by Crippen LogP contribution is 2.12. The first-order valence-electron chi connectivity index (χ1n) is 6.11. The molecule has 6 heteroatoms. The van der Waals surface area contributed by atoms with Crippen molar-refractivity contribution in [2.45, 2.75) is 11.3 Å². The quantitative estimate of drug-likeness (QED) is 0.787. The molecule has 0 spiro atoms. The standard InChI is InChI=1S/C13H17NO3S2/c1-19(15,16)12-4-2-11(3-5-12)10-13(18)14-6-8-17-9-7-14/h2-5H,6-10H2,1H3. The van der Waals surface area contributed by atoms with Crippen molar-refractivity contribution in [1.82, 2.24) is 4.90 Å². The largest absolute Gasteiger partial charge is 0.378 e. The Morgan fingerprint density at radius 3 is 2.37 bits per heavy atom. The van der Waals surface area contributed by atoms with E-state index in [1.807, 2.05) is 12.1 Å². The zero-order valence-electron chi connectivity index (χ0n) is 10.8. The summed E-state index contributed by atoms with van der Waals surface area (Å²) < 4.78 is 28.0. The van der Waals surface area contributed by atoms with E-state index in [4.69, 9.17) is 17.0 Å². The van der Waals surface area contributed by atoms with Crippen LogP contribution in [0.2, 0.25) is 0 Å². The predicted octanol–water partition coefficient (Wildman–Crippen LogP) is 1.29. The van der Waals surface area contributed by atoms with Crippen molar-refractivity contribution in [3.8, 4) is 0 Å². The van der Waals surface area contributed by atoms with E-state index in [0.717, 1.165) is 23.6 Å². The fourth-order valence-corrected chi connectivity index (χ4v) is 2.93. The van der Waals surface area contributed by atoms with Crippen molar-refractivity contribution in [1.29, 1.82) is 0 Å². The van der Waals surface area contributed by atoms with Gasteiger partial charge < -0.3 is 9.64 Å². The Hall–Kier alpha value is -0.980. The third-order valence-electron chi connectivity index (χ3n) is 3.07. The van der Waals surface area contributed by atoms with E-state index in [1.54, 1.807) is 12.1 Å². The predicted molar refractivity (Wildman–Crippen MR) is 78.2 cm³/mol. The second-order valence-electron chi connectivity index (χ2n) is 4.59. The number of thiocarbonyl (C=S) groups is 1. The first-order valence-corrected chi connectivity index (χ1v) is 8.41. The van der Waals surface area contributed by atoms with Crippen LogP contribution in [0.3, 0.4) is 0 Å². The SMILES string of the molecule is CS(=O)(=O)c1ccc(CC(=S)N2CCOCC2)cc1. The van der Waals surface area contributed by atoms with Crippen LogP contribution >= 0.6 is 12.2 Å². The summed E-state index contributed by atoms with van der Waals surface area (Å²) in [6.45, 7) is 3.10. The highest BCUT2D eigenvalue weighted by atomic mass is 32.2. The van der Waals surface area contributed by atoms with E-state index >= 15 is 0 Å². The number of hydrogen-bond acceptors (Lipinski definition) is 4. The Morgan fingerprint density at radius 2 is 1.84 bits per heavy atom. The average molecular weight is 299 g/mol. The Bertz CT molecular complexity index is 546. The number of morpholine rings is 1. The molecule has 0 bridgehead atoms. The lowest BCUT2D eigenvalue weighted by molar-refractivity contribution is 0.0684. The number of hydrogen-bond donors (Lipinski definition) is 0. The molecule has 1 aromatic carbocycles. The monoisotopic (exact) mass is 299 g/mol. The molecule has 4 nitrogen and oxygen atoms in total. The maximum atomic E-state index is 11.4. The number of rotatable bonds is 3. The first kappa shape index (κ1) is 14.4. The molecule has 0 aliphatic carbocycles. The minimum Gasteiger partial charge on any atom is -0.378 e. The lowest BCUT2D eigenvalue weighted by Crippen LogP contribution is -2.40. The Morgan fingerprint density at radius 1 is 1.26 bits per heavy atom. The van der Waals surface area contributed by atoms with Crippen molar-refractivity contribution in [3.05, 3.63) is 29.8 Å². The third-order valence-corrected chi connectivity index (χ3v) is 4.60. The van der Waals surface area contributed by atoms with E-state index in [2.05, 4.69) is 4.90 Å². The van der Waals surface area contributed by atoms with Crippen LogP contribution < -0.4 is 0 Å². The van der Waals surface area contributed by atoms with E-state index in [1.165, 1.54) is 6.26 Å². The van der Waals surface area contributed by atoms with E-state index in [-0.39, 0.29) is 0 Å². The van der Waals surface area contributed by atoms with E-state index in [0.29, 0.717) is 24.5 Å². The van der Waals surface area contributed by atoms with Gasteiger partial charge in [-0.2, -0.15) is 0 Å². The molecule has 0 radical (unpaired) electrons. The zero-order chi connectivity index (χ0) is 13.9. The summed E-state index contributed by atoms with van der Waals surface area (Å²) in [5.74, 6) is 0. The summed E-state index contributed by atoms with van der Waals surface area (Å²) in [5.41, 5.74) is 1.03. The molecule has 0 saturated carbocycles. The van der Waals surface area contributed by atoms with Gasteiger partial charge in [-0.05, 0) is 17.7 Å². The van der Waals surface area contributed by atoms with E-state index < -0.39 is 9.84 Å². The first-order chi connectivity index (χ1) is 8.97. The summed E-state index contributed by atoms with van der Waals surface area (Å²) >= 11 is 5.41. The molecule has 19 heavy (non-hydrogen) atoms. The highest BCUT2D eigenvalue weighted by molar-refractivity contribution is 7.90. The van der Waals surface area contributed by atoms with Gasteiger partial charge in [0, 0.05) is 25.8 Å². The fourth-order valence-electron chi connectivity index (χ4n) is 1.95. The Labute approximate surface area is 119 Å². The molecule has 1 aliphatic heterocycles. The van der Waals surface area contributed by atoms with Crippen LogP contribution in [0.1, 0.15) is 5.56 Å². The average Bonchev–Trinajstić information content (AvgIpc) is 2.39. The normalized spacial score (nSPS) is 16.4. The molecule has 1 saturated heterocycles. The van der Waals surface area contributed by atoms with Crippen LogP contribution in [0.5, 0.6) is 0 Å². The molecule has 1 fully saturated rings. The van der Waals surface area contributed by atoms with Gasteiger partial charge in [0.2, 0.25) is 0 Å². The van der Waals surface area contributed by atoms with E-state index in [9.17, 15) is 8.42 Å². The summed E-state index contributed by atoms with van der Waals surface area (Å²) in [7, 11) is -3.13. The molecular formula is C13H17NO3S2. The van der Waals surface area contributed by atoms with Gasteiger partial charge in [-0.3, -0.25) is 0 Å². The fraction of sp³-hybridized carbons (Fsp3) is 0.462. The Balaban J connectivity index is 2.01. The number of ether oxygens (including phenoxy) is 1. The highest BCUT2D eigenvalue weighted by Gasteiger charge is 2.14. The minimum atomic E-state index is -3.13. The molecule has 104 valence electrons. The number of sulfone groups is 1. The second kappa shape index (κ2) is 5.98. The summed E-state index contributed by atoms with van der Waals surface area (Å²) in [5, 5.41) is 0. The summed E-state index contributed by atoms with van der Waals surface area (Å²) in [6.07, 6.45) is 1.87. The van der Waals surface area contributed by atoms with Gasteiger partial charge in [-0.1, -0.05) is 24.4 Å². The van der Waals surface area contributed by atoms with Gasteiger partial charge >= 0.3 is 0 Å². The van der Waals surface area contributed by atoms with Crippen LogP contribution in [0.4, 0.5) is 0 Å². The van der Waals surface area contributed by atoms with Crippen LogP contribution in [-0.4, -0.2) is 50.9 Å². The van der Waals surface area contributed by atoms with Gasteiger partial charge in [0.15, 0.2) is 9.84 Å². The lowest BCUT2D eigenvalue weighted by atomic mass is 10.1. The molecule has 2 rings (SSSR count). The van der Waals surface area contributed by atoms with Crippen molar-refractivity contribution in [2.24, 2.45) is 0 Å². The van der Waals surface area contributed by atoms with Gasteiger partial charge in [-0.25, -0.2) is 8.42 Å². The number of benzene rings is 1. The molecule has 1 heterocycles. The van der Waals surface area contributed by atoms with Crippen LogP contribution in [0.25, 0.3) is 0 Å². The molecule has 0 atom stereocenters.